The number of carbonyl (C=O) groups excluding carboxylic acids is 2. The molecule has 2 aliphatic heterocycles. The van der Waals surface area contributed by atoms with E-state index in [4.69, 9.17) is 43.0 Å². The van der Waals surface area contributed by atoms with Crippen molar-refractivity contribution in [1.82, 2.24) is 16.0 Å². The van der Waals surface area contributed by atoms with Crippen molar-refractivity contribution in [2.24, 2.45) is 0 Å². The van der Waals surface area contributed by atoms with Gasteiger partial charge in [0.15, 0.2) is 0 Å². The Hall–Kier alpha value is -1.27. The number of ether oxygens (including phenoxy) is 8. The molecule has 2 saturated heterocycles. The number of hydrogen-bond donors (Lipinski definition) is 4. The zero-order valence-corrected chi connectivity index (χ0v) is 26.2. The van der Waals surface area contributed by atoms with Crippen LogP contribution in [0.2, 0.25) is 0 Å². The number of aliphatic hydroxyl groups is 1. The van der Waals surface area contributed by atoms with Crippen LogP contribution in [0.15, 0.2) is 0 Å². The fraction of sp³-hybridized carbons (Fsp3) is 0.929. The van der Waals surface area contributed by atoms with E-state index >= 15 is 0 Å². The topological polar surface area (TPSA) is 164 Å². The first kappa shape index (κ1) is 37.9. The minimum absolute atomic E-state index is 0.0219. The molecular formula is C28H53N3O11S. The van der Waals surface area contributed by atoms with Crippen LogP contribution in [0.3, 0.4) is 0 Å². The molecule has 2 aliphatic rings. The summed E-state index contributed by atoms with van der Waals surface area (Å²) in [6.07, 6.45) is 3.35. The normalized spacial score (nSPS) is 19.4. The second-order valence-corrected chi connectivity index (χ2v) is 11.1. The summed E-state index contributed by atoms with van der Waals surface area (Å²) in [5.41, 5.74) is 0. The Morgan fingerprint density at radius 2 is 1.16 bits per heavy atom. The van der Waals surface area contributed by atoms with Crippen LogP contribution in [0.25, 0.3) is 0 Å². The van der Waals surface area contributed by atoms with Crippen molar-refractivity contribution in [3.8, 4) is 0 Å². The van der Waals surface area contributed by atoms with E-state index in [0.29, 0.717) is 124 Å². The molecule has 3 atom stereocenters. The molecule has 0 aromatic rings. The smallest absolute Gasteiger partial charge is 0.315 e. The largest absolute Gasteiger partial charge is 0.394 e. The van der Waals surface area contributed by atoms with Crippen LogP contribution < -0.4 is 16.0 Å². The van der Waals surface area contributed by atoms with Gasteiger partial charge in [0.25, 0.3) is 0 Å². The number of rotatable bonds is 31. The number of unbranched alkanes of at least 4 members (excludes halogenated alkanes) is 1. The first-order valence-corrected chi connectivity index (χ1v) is 16.4. The first-order valence-electron chi connectivity index (χ1n) is 15.4. The van der Waals surface area contributed by atoms with Crippen molar-refractivity contribution in [2.75, 3.05) is 125 Å². The van der Waals surface area contributed by atoms with Gasteiger partial charge in [0.05, 0.1) is 124 Å². The van der Waals surface area contributed by atoms with Crippen LogP contribution in [-0.2, 0) is 42.7 Å². The van der Waals surface area contributed by atoms with Gasteiger partial charge >= 0.3 is 6.03 Å². The number of urea groups is 1. The molecule has 4 N–H and O–H groups in total. The van der Waals surface area contributed by atoms with E-state index in [2.05, 4.69) is 16.0 Å². The van der Waals surface area contributed by atoms with Gasteiger partial charge in [-0.1, -0.05) is 6.42 Å². The summed E-state index contributed by atoms with van der Waals surface area (Å²) in [6, 6.07) is 0.414. The Morgan fingerprint density at radius 3 is 1.65 bits per heavy atom. The van der Waals surface area contributed by atoms with Gasteiger partial charge in [-0.2, -0.15) is 11.8 Å². The summed E-state index contributed by atoms with van der Waals surface area (Å²) in [4.78, 5) is 23.4. The molecule has 2 rings (SSSR count). The van der Waals surface area contributed by atoms with Crippen LogP contribution in [0.5, 0.6) is 0 Å². The van der Waals surface area contributed by atoms with Gasteiger partial charge in [0, 0.05) is 24.0 Å². The van der Waals surface area contributed by atoms with Crippen LogP contribution in [-0.4, -0.2) is 159 Å². The SMILES string of the molecule is O=C(CCCC[C@@H]1SC[C@@H]2NC(=O)N[C@@H]21)NCCOCCOCCOCCOCCOCCOCCOCCOCCO. The Bertz CT molecular complexity index is 698. The predicted molar refractivity (Wildman–Crippen MR) is 161 cm³/mol. The number of aliphatic hydroxyl groups excluding tert-OH is 1. The van der Waals surface area contributed by atoms with Gasteiger partial charge in [-0.15, -0.1) is 0 Å². The van der Waals surface area contributed by atoms with E-state index < -0.39 is 0 Å². The second-order valence-electron chi connectivity index (χ2n) is 9.84. The van der Waals surface area contributed by atoms with E-state index in [1.165, 1.54) is 0 Å². The van der Waals surface area contributed by atoms with Crippen LogP contribution in [0, 0.1) is 0 Å². The maximum Gasteiger partial charge on any atom is 0.315 e. The summed E-state index contributed by atoms with van der Waals surface area (Å²) in [5.74, 6) is 1.01. The lowest BCUT2D eigenvalue weighted by atomic mass is 10.0. The molecule has 15 heteroatoms. The van der Waals surface area contributed by atoms with E-state index in [-0.39, 0.29) is 30.6 Å². The standard InChI is InChI=1S/C28H53N3O11S/c32-6-8-36-10-12-38-14-16-40-18-20-42-22-21-41-19-17-39-15-13-37-11-9-35-7-5-29-26(33)4-2-1-3-25-27-24(23-43-25)30-28(34)31-27/h24-25,27,32H,1-23H2,(H,29,33)(H2,30,31,34)/t24-,25-,27-/m0/s1. The van der Waals surface area contributed by atoms with Gasteiger partial charge in [0.2, 0.25) is 5.91 Å². The lowest BCUT2D eigenvalue weighted by Gasteiger charge is -2.16. The first-order chi connectivity index (χ1) is 21.2. The number of hydrogen-bond acceptors (Lipinski definition) is 12. The van der Waals surface area contributed by atoms with Crippen LogP contribution >= 0.6 is 11.8 Å². The molecule has 0 aromatic heterocycles. The molecule has 0 bridgehead atoms. The Morgan fingerprint density at radius 1 is 0.698 bits per heavy atom. The molecule has 2 heterocycles. The molecule has 252 valence electrons. The molecule has 14 nitrogen and oxygen atoms in total. The third-order valence-corrected chi connectivity index (χ3v) is 8.00. The Labute approximate surface area is 259 Å². The fourth-order valence-electron chi connectivity index (χ4n) is 4.33. The zero-order chi connectivity index (χ0) is 30.6. The summed E-state index contributed by atoms with van der Waals surface area (Å²) >= 11 is 1.90. The quantitative estimate of drug-likeness (QED) is 0.0592. The van der Waals surface area contributed by atoms with Crippen molar-refractivity contribution in [3.05, 3.63) is 0 Å². The van der Waals surface area contributed by atoms with Crippen molar-refractivity contribution < 1.29 is 52.6 Å². The molecule has 43 heavy (non-hydrogen) atoms. The molecule has 3 amide bonds. The van der Waals surface area contributed by atoms with Gasteiger partial charge in [-0.25, -0.2) is 4.79 Å². The zero-order valence-electron chi connectivity index (χ0n) is 25.4. The van der Waals surface area contributed by atoms with Crippen molar-refractivity contribution in [2.45, 2.75) is 43.0 Å². The van der Waals surface area contributed by atoms with Crippen molar-refractivity contribution in [1.29, 1.82) is 0 Å². The minimum atomic E-state index is -0.0598. The molecular weight excluding hydrogens is 586 g/mol. The van der Waals surface area contributed by atoms with Crippen LogP contribution in [0.1, 0.15) is 25.7 Å². The number of carbonyl (C=O) groups is 2. The van der Waals surface area contributed by atoms with Gasteiger partial charge in [0.1, 0.15) is 0 Å². The molecule has 0 aromatic carbocycles. The monoisotopic (exact) mass is 639 g/mol. The molecule has 0 aliphatic carbocycles. The molecule has 0 unspecified atom stereocenters. The summed E-state index contributed by atoms with van der Waals surface area (Å²) in [5, 5.41) is 17.8. The number of thioether (sulfide) groups is 1. The van der Waals surface area contributed by atoms with Crippen molar-refractivity contribution in [3.63, 3.8) is 0 Å². The summed E-state index contributed by atoms with van der Waals surface area (Å²) < 4.78 is 43.1. The van der Waals surface area contributed by atoms with Crippen LogP contribution in [0.4, 0.5) is 4.79 Å². The summed E-state index contributed by atoms with van der Waals surface area (Å²) in [6.45, 7) is 8.11. The lowest BCUT2D eigenvalue weighted by molar-refractivity contribution is -0.121. The second kappa shape index (κ2) is 27.1. The minimum Gasteiger partial charge on any atom is -0.394 e. The number of fused-ring (bicyclic) bond motifs is 1. The number of amides is 3. The van der Waals surface area contributed by atoms with Gasteiger partial charge < -0.3 is 59.0 Å². The average Bonchev–Trinajstić information content (AvgIpc) is 3.56. The highest BCUT2D eigenvalue weighted by molar-refractivity contribution is 8.00. The molecule has 2 fully saturated rings. The molecule has 0 radical (unpaired) electrons. The lowest BCUT2D eigenvalue weighted by Crippen LogP contribution is -2.36. The third kappa shape index (κ3) is 20.4. The Kier molecular flexibility index (Phi) is 23.9. The fourth-order valence-corrected chi connectivity index (χ4v) is 5.87. The predicted octanol–water partition coefficient (Wildman–Crippen LogP) is -0.0465. The maximum atomic E-state index is 12.0. The average molecular weight is 640 g/mol. The number of nitrogens with one attached hydrogen (secondary N) is 3. The molecule has 0 saturated carbocycles. The maximum absolute atomic E-state index is 12.0. The molecule has 0 spiro atoms. The Balaban J connectivity index is 1.19. The third-order valence-electron chi connectivity index (χ3n) is 6.49. The van der Waals surface area contributed by atoms with Crippen molar-refractivity contribution >= 4 is 23.7 Å². The summed E-state index contributed by atoms with van der Waals surface area (Å²) in [7, 11) is 0. The van der Waals surface area contributed by atoms with Gasteiger partial charge in [-0.3, -0.25) is 4.79 Å². The highest BCUT2D eigenvalue weighted by Gasteiger charge is 2.42. The van der Waals surface area contributed by atoms with E-state index in [9.17, 15) is 9.59 Å². The van der Waals surface area contributed by atoms with E-state index in [1.54, 1.807) is 0 Å². The highest BCUT2D eigenvalue weighted by atomic mass is 32.2. The van der Waals surface area contributed by atoms with Gasteiger partial charge in [-0.05, 0) is 12.8 Å². The van der Waals surface area contributed by atoms with E-state index in [0.717, 1.165) is 25.0 Å². The van der Waals surface area contributed by atoms with E-state index in [1.807, 2.05) is 11.8 Å². The highest BCUT2D eigenvalue weighted by Crippen LogP contribution is 2.33.